The molecule has 16 nitrogen and oxygen atoms in total. The summed E-state index contributed by atoms with van der Waals surface area (Å²) in [6.45, 7) is 4.56. The molecule has 1 atom stereocenters. The van der Waals surface area contributed by atoms with Crippen LogP contribution in [0.1, 0.15) is 38.4 Å². The average molecular weight is 868 g/mol. The molecule has 8 rings (SSSR count). The van der Waals surface area contributed by atoms with E-state index in [4.69, 9.17) is 4.74 Å². The number of nitro benzene ring substituents is 1. The number of rotatable bonds is 15. The smallest absolute Gasteiger partial charge is 0.293 e. The van der Waals surface area contributed by atoms with Crippen LogP contribution in [0, 0.1) is 10.1 Å². The highest BCUT2D eigenvalue weighted by atomic mass is 32.2. The third kappa shape index (κ3) is 9.61. The predicted octanol–water partition coefficient (Wildman–Crippen LogP) is 5.93. The number of carbonyl (C=O) groups is 2. The summed E-state index contributed by atoms with van der Waals surface area (Å²) in [4.78, 5) is 52.3. The van der Waals surface area contributed by atoms with E-state index in [1.165, 1.54) is 28.8 Å². The first-order chi connectivity index (χ1) is 29.1. The monoisotopic (exact) mass is 867 g/mol. The lowest BCUT2D eigenvalue weighted by Gasteiger charge is -2.29. The maximum absolute atomic E-state index is 13.5. The van der Waals surface area contributed by atoms with Crippen LogP contribution in [-0.4, -0.2) is 95.6 Å². The Balaban J connectivity index is 0.934. The Hall–Kier alpha value is -5.86. The second-order valence-corrected chi connectivity index (χ2v) is 17.9. The number of sulfonamides is 1. The lowest BCUT2D eigenvalue weighted by atomic mass is 9.94. The number of carbonyl (C=O) groups excluding carboxylic acids is 2. The molecule has 5 heterocycles. The van der Waals surface area contributed by atoms with Gasteiger partial charge in [-0.2, -0.15) is 0 Å². The summed E-state index contributed by atoms with van der Waals surface area (Å²) in [5, 5.41) is 20.5. The van der Waals surface area contributed by atoms with Crippen molar-refractivity contribution >= 4 is 72.9 Å². The molecule has 3 aromatic heterocycles. The molecule has 60 heavy (non-hydrogen) atoms. The highest BCUT2D eigenvalue weighted by Gasteiger charge is 2.28. The third-order valence-electron chi connectivity index (χ3n) is 10.3. The van der Waals surface area contributed by atoms with Gasteiger partial charge in [0.15, 0.2) is 10.9 Å². The van der Waals surface area contributed by atoms with Crippen molar-refractivity contribution in [2.45, 2.75) is 35.2 Å². The number of nitro groups is 1. The SMILES string of the molecule is O=C(NS(=O)(=O)c1ccc(N[C@H](CCN2CCOCC2)CSc2ccccc2)c([N+](=O)[O-])c1)c1csc(N2CCc3cccc(C(=O)Nc4cn5ccccc5n4)c3C2)n1. The van der Waals surface area contributed by atoms with Crippen LogP contribution in [0.25, 0.3) is 5.65 Å². The third-order valence-corrected chi connectivity index (χ3v) is 13.7. The first kappa shape index (κ1) is 40.9. The fourth-order valence-electron chi connectivity index (χ4n) is 7.13. The number of aromatic nitrogens is 3. The molecule has 0 aliphatic carbocycles. The van der Waals surface area contributed by atoms with Crippen molar-refractivity contribution < 1.29 is 27.7 Å². The fourth-order valence-corrected chi connectivity index (χ4v) is 9.93. The van der Waals surface area contributed by atoms with Crippen molar-refractivity contribution in [2.24, 2.45) is 0 Å². The van der Waals surface area contributed by atoms with Gasteiger partial charge in [0, 0.05) is 72.6 Å². The first-order valence-electron chi connectivity index (χ1n) is 19.3. The van der Waals surface area contributed by atoms with Gasteiger partial charge in [-0.25, -0.2) is 23.1 Å². The van der Waals surface area contributed by atoms with Gasteiger partial charge < -0.3 is 24.7 Å². The Morgan fingerprint density at radius 2 is 1.78 bits per heavy atom. The van der Waals surface area contributed by atoms with Crippen LogP contribution in [0.15, 0.2) is 112 Å². The Labute approximate surface area is 354 Å². The zero-order chi connectivity index (χ0) is 41.6. The summed E-state index contributed by atoms with van der Waals surface area (Å²) in [7, 11) is -4.54. The number of fused-ring (bicyclic) bond motifs is 2. The van der Waals surface area contributed by atoms with Crippen molar-refractivity contribution in [1.82, 2.24) is 24.0 Å². The van der Waals surface area contributed by atoms with E-state index in [0.29, 0.717) is 67.1 Å². The van der Waals surface area contributed by atoms with Gasteiger partial charge in [0.05, 0.1) is 29.2 Å². The van der Waals surface area contributed by atoms with E-state index in [1.807, 2.05) is 80.9 Å². The molecule has 0 bridgehead atoms. The standard InChI is InChI=1S/C41H41N9O7S3/c51-39(45-37-25-48-16-5-4-11-38(48)44-37)32-10-6-7-28-14-18-49(24-33(28)32)41-43-35(27-59-41)40(52)46-60(55,56)31-12-13-34(36(23-31)50(53)54)42-29(15-17-47-19-21-57-22-20-47)26-58-30-8-2-1-3-9-30/h1-13,16,23,25,27,29,42H,14-15,17-22,24,26H2,(H,45,51)(H,46,52)/t29-/m1/s1. The van der Waals surface area contributed by atoms with Crippen molar-refractivity contribution in [1.29, 1.82) is 0 Å². The van der Waals surface area contributed by atoms with Gasteiger partial charge in [0.2, 0.25) is 0 Å². The van der Waals surface area contributed by atoms with E-state index in [9.17, 15) is 28.1 Å². The van der Waals surface area contributed by atoms with Crippen LogP contribution in [0.2, 0.25) is 0 Å². The summed E-state index contributed by atoms with van der Waals surface area (Å²) >= 11 is 2.79. The molecule has 1 saturated heterocycles. The molecule has 1 fully saturated rings. The molecule has 3 N–H and O–H groups in total. The molecule has 0 spiro atoms. The number of ether oxygens (including phenoxy) is 1. The number of imidazole rings is 1. The zero-order valence-corrected chi connectivity index (χ0v) is 34.7. The van der Waals surface area contributed by atoms with Gasteiger partial charge in [-0.1, -0.05) is 36.4 Å². The van der Waals surface area contributed by atoms with E-state index in [2.05, 4.69) is 25.5 Å². The number of nitrogens with zero attached hydrogens (tertiary/aromatic N) is 6. The lowest BCUT2D eigenvalue weighted by Crippen LogP contribution is -2.39. The van der Waals surface area contributed by atoms with Gasteiger partial charge in [0.25, 0.3) is 27.5 Å². The number of anilines is 3. The first-order valence-corrected chi connectivity index (χ1v) is 22.6. The summed E-state index contributed by atoms with van der Waals surface area (Å²) in [6, 6.07) is 24.4. The Kier molecular flexibility index (Phi) is 12.4. The Morgan fingerprint density at radius 3 is 2.58 bits per heavy atom. The molecule has 2 amide bonds. The number of amides is 2. The van der Waals surface area contributed by atoms with E-state index >= 15 is 0 Å². The van der Waals surface area contributed by atoms with Crippen molar-refractivity contribution in [3.05, 3.63) is 135 Å². The largest absolute Gasteiger partial charge is 0.379 e. The van der Waals surface area contributed by atoms with Crippen molar-refractivity contribution in [3.63, 3.8) is 0 Å². The number of morpholine rings is 1. The van der Waals surface area contributed by atoms with Crippen LogP contribution < -0.4 is 20.3 Å². The maximum atomic E-state index is 13.5. The van der Waals surface area contributed by atoms with Gasteiger partial charge in [-0.05, 0) is 66.4 Å². The number of thioether (sulfide) groups is 1. The molecule has 0 radical (unpaired) electrons. The molecule has 2 aliphatic heterocycles. The molecule has 6 aromatic rings. The normalized spacial score (nSPS) is 15.0. The van der Waals surface area contributed by atoms with E-state index in [-0.39, 0.29) is 23.3 Å². The highest BCUT2D eigenvalue weighted by Crippen LogP contribution is 2.32. The number of nitrogens with one attached hydrogen (secondary N) is 3. The summed E-state index contributed by atoms with van der Waals surface area (Å²) in [5.74, 6) is -0.256. The highest BCUT2D eigenvalue weighted by molar-refractivity contribution is 7.99. The Bertz CT molecular complexity index is 2600. The maximum Gasteiger partial charge on any atom is 0.293 e. The molecule has 0 unspecified atom stereocenters. The molecule has 3 aromatic carbocycles. The minimum absolute atomic E-state index is 0.130. The number of hydrogen-bond donors (Lipinski definition) is 3. The topological polar surface area (TPSA) is 193 Å². The van der Waals surface area contributed by atoms with Crippen LogP contribution in [-0.2, 0) is 27.7 Å². The minimum Gasteiger partial charge on any atom is -0.379 e. The molecular formula is C41H41N9O7S3. The number of thiazole rings is 1. The number of pyridine rings is 1. The number of benzene rings is 3. The molecule has 19 heteroatoms. The predicted molar refractivity (Wildman–Crippen MR) is 231 cm³/mol. The van der Waals surface area contributed by atoms with Gasteiger partial charge in [-0.15, -0.1) is 23.1 Å². The molecular weight excluding hydrogens is 827 g/mol. The minimum atomic E-state index is -4.54. The van der Waals surface area contributed by atoms with Crippen LogP contribution in [0.4, 0.5) is 22.3 Å². The zero-order valence-electron chi connectivity index (χ0n) is 32.2. The lowest BCUT2D eigenvalue weighted by molar-refractivity contribution is -0.384. The fraction of sp³-hybridized carbons (Fsp3) is 0.268. The van der Waals surface area contributed by atoms with Crippen LogP contribution in [0.5, 0.6) is 0 Å². The second-order valence-electron chi connectivity index (χ2n) is 14.3. The average Bonchev–Trinajstić information content (AvgIpc) is 3.93. The van der Waals surface area contributed by atoms with Crippen LogP contribution >= 0.6 is 23.1 Å². The van der Waals surface area contributed by atoms with E-state index in [1.54, 1.807) is 24.0 Å². The summed E-state index contributed by atoms with van der Waals surface area (Å²) in [5.41, 5.74) is 2.62. The second kappa shape index (κ2) is 18.2. The van der Waals surface area contributed by atoms with Gasteiger partial charge in [-0.3, -0.25) is 24.6 Å². The Morgan fingerprint density at radius 1 is 0.967 bits per heavy atom. The van der Waals surface area contributed by atoms with E-state index < -0.39 is 31.4 Å². The van der Waals surface area contributed by atoms with Gasteiger partial charge in [0.1, 0.15) is 17.0 Å². The molecule has 0 saturated carbocycles. The van der Waals surface area contributed by atoms with Gasteiger partial charge >= 0.3 is 0 Å². The number of hydrogen-bond acceptors (Lipinski definition) is 14. The molecule has 2 aliphatic rings. The summed E-state index contributed by atoms with van der Waals surface area (Å²) < 4.78 is 36.4. The summed E-state index contributed by atoms with van der Waals surface area (Å²) in [6.07, 6.45) is 4.89. The molecule has 310 valence electrons. The quantitative estimate of drug-likeness (QED) is 0.0626. The van der Waals surface area contributed by atoms with E-state index in [0.717, 1.165) is 41.7 Å². The van der Waals surface area contributed by atoms with Crippen LogP contribution in [0.3, 0.4) is 0 Å². The van der Waals surface area contributed by atoms with Crippen molar-refractivity contribution in [2.75, 3.05) is 60.7 Å². The van der Waals surface area contributed by atoms with Crippen molar-refractivity contribution in [3.8, 4) is 0 Å².